The van der Waals surface area contributed by atoms with E-state index in [1.54, 1.807) is 35.4 Å². The van der Waals surface area contributed by atoms with Crippen molar-refractivity contribution in [2.45, 2.75) is 18.4 Å². The molecule has 1 aromatic heterocycles. The molecule has 0 bridgehead atoms. The highest BCUT2D eigenvalue weighted by molar-refractivity contribution is 7.98. The van der Waals surface area contributed by atoms with E-state index >= 15 is 0 Å². The molecule has 0 fully saturated rings. The summed E-state index contributed by atoms with van der Waals surface area (Å²) in [7, 11) is 3.53. The van der Waals surface area contributed by atoms with Crippen molar-refractivity contribution >= 4 is 23.7 Å². The molecule has 6 nitrogen and oxygen atoms in total. The molecule has 0 saturated carbocycles. The van der Waals surface area contributed by atoms with Crippen molar-refractivity contribution in [3.05, 3.63) is 35.7 Å². The lowest BCUT2D eigenvalue weighted by Crippen LogP contribution is -2.31. The fourth-order valence-corrected chi connectivity index (χ4v) is 2.31. The summed E-state index contributed by atoms with van der Waals surface area (Å²) in [5.41, 5.74) is 1.09. The summed E-state index contributed by atoms with van der Waals surface area (Å²) in [5.74, 6) is 1.07. The highest BCUT2D eigenvalue weighted by Gasteiger charge is 2.12. The number of hydrogen-bond donors (Lipinski definition) is 1. The van der Waals surface area contributed by atoms with Gasteiger partial charge in [-0.1, -0.05) is 12.1 Å². The van der Waals surface area contributed by atoms with Gasteiger partial charge in [0.05, 0.1) is 0 Å². The van der Waals surface area contributed by atoms with E-state index in [0.29, 0.717) is 12.5 Å². The summed E-state index contributed by atoms with van der Waals surface area (Å²) in [4.78, 5) is 19.1. The molecule has 0 saturated heterocycles. The average molecular weight is 305 g/mol. The second-order valence-corrected chi connectivity index (χ2v) is 5.62. The van der Waals surface area contributed by atoms with Crippen LogP contribution in [-0.4, -0.2) is 39.0 Å². The Morgan fingerprint density at radius 3 is 2.86 bits per heavy atom. The molecule has 0 spiro atoms. The maximum Gasteiger partial charge on any atom is 0.324 e. The molecule has 0 aliphatic rings. The van der Waals surface area contributed by atoms with Crippen LogP contribution >= 0.6 is 11.8 Å². The lowest BCUT2D eigenvalue weighted by atomic mass is 10.2. The summed E-state index contributed by atoms with van der Waals surface area (Å²) in [6.07, 6.45) is 2.03. The van der Waals surface area contributed by atoms with Gasteiger partial charge in [0.15, 0.2) is 0 Å². The summed E-state index contributed by atoms with van der Waals surface area (Å²) in [5, 5.41) is 6.80. The maximum atomic E-state index is 12.1. The van der Waals surface area contributed by atoms with E-state index < -0.39 is 0 Å². The fraction of sp³-hybridized carbons (Fsp3) is 0.357. The number of carbonyl (C=O) groups is 1. The molecule has 0 unspecified atom stereocenters. The van der Waals surface area contributed by atoms with Crippen LogP contribution in [0, 0.1) is 6.92 Å². The zero-order valence-corrected chi connectivity index (χ0v) is 13.4. The van der Waals surface area contributed by atoms with Gasteiger partial charge in [0.2, 0.25) is 5.95 Å². The normalized spacial score (nSPS) is 10.5. The van der Waals surface area contributed by atoms with E-state index in [1.807, 2.05) is 25.3 Å². The van der Waals surface area contributed by atoms with Crippen molar-refractivity contribution < 1.29 is 4.79 Å². The Labute approximate surface area is 128 Å². The van der Waals surface area contributed by atoms with Crippen LogP contribution in [0.15, 0.2) is 29.2 Å². The Hall–Kier alpha value is -2.02. The first-order valence-corrected chi connectivity index (χ1v) is 7.74. The van der Waals surface area contributed by atoms with Gasteiger partial charge in [-0.05, 0) is 30.9 Å². The summed E-state index contributed by atoms with van der Waals surface area (Å²) >= 11 is 1.68. The van der Waals surface area contributed by atoms with Crippen molar-refractivity contribution in [1.29, 1.82) is 0 Å². The minimum atomic E-state index is -0.227. The number of urea groups is 1. The van der Waals surface area contributed by atoms with Crippen LogP contribution in [0.2, 0.25) is 0 Å². The van der Waals surface area contributed by atoms with Gasteiger partial charge >= 0.3 is 6.03 Å². The second kappa shape index (κ2) is 6.62. The first-order valence-electron chi connectivity index (χ1n) is 6.52. The molecule has 7 heteroatoms. The number of aryl methyl sites for hydroxylation is 2. The summed E-state index contributed by atoms with van der Waals surface area (Å²) < 4.78 is 1.62. The first-order chi connectivity index (χ1) is 9.99. The zero-order chi connectivity index (χ0) is 15.4. The average Bonchev–Trinajstić information content (AvgIpc) is 2.77. The van der Waals surface area contributed by atoms with Gasteiger partial charge in [0, 0.05) is 25.5 Å². The lowest BCUT2D eigenvalue weighted by Gasteiger charge is -2.17. The van der Waals surface area contributed by atoms with Gasteiger partial charge in [0.1, 0.15) is 5.82 Å². The number of amides is 2. The third-order valence-corrected chi connectivity index (χ3v) is 3.83. The number of nitrogens with one attached hydrogen (secondary N) is 1. The van der Waals surface area contributed by atoms with Crippen LogP contribution in [0.3, 0.4) is 0 Å². The third-order valence-electron chi connectivity index (χ3n) is 3.10. The highest BCUT2D eigenvalue weighted by Crippen LogP contribution is 2.16. The van der Waals surface area contributed by atoms with Crippen LogP contribution in [0.4, 0.5) is 10.7 Å². The van der Waals surface area contributed by atoms with E-state index in [0.717, 1.165) is 11.4 Å². The molecule has 0 radical (unpaired) electrons. The van der Waals surface area contributed by atoms with Gasteiger partial charge in [0.25, 0.3) is 0 Å². The minimum absolute atomic E-state index is 0.227. The number of nitrogens with zero attached hydrogens (tertiary/aromatic N) is 4. The van der Waals surface area contributed by atoms with Gasteiger partial charge in [-0.25, -0.2) is 4.79 Å². The van der Waals surface area contributed by atoms with E-state index in [4.69, 9.17) is 0 Å². The summed E-state index contributed by atoms with van der Waals surface area (Å²) in [6.45, 7) is 2.37. The smallest absolute Gasteiger partial charge is 0.323 e. The zero-order valence-electron chi connectivity index (χ0n) is 12.6. The number of hydrogen-bond acceptors (Lipinski definition) is 4. The molecule has 112 valence electrons. The monoisotopic (exact) mass is 305 g/mol. The van der Waals surface area contributed by atoms with Crippen LogP contribution < -0.4 is 5.32 Å². The quantitative estimate of drug-likeness (QED) is 0.882. The largest absolute Gasteiger partial charge is 0.324 e. The maximum absolute atomic E-state index is 12.1. The molecule has 2 amide bonds. The molecule has 2 aromatic rings. The third kappa shape index (κ3) is 3.98. The van der Waals surface area contributed by atoms with Crippen LogP contribution in [0.25, 0.3) is 0 Å². The van der Waals surface area contributed by atoms with Crippen molar-refractivity contribution in [1.82, 2.24) is 19.7 Å². The second-order valence-electron chi connectivity index (χ2n) is 4.74. The van der Waals surface area contributed by atoms with Crippen molar-refractivity contribution in [3.63, 3.8) is 0 Å². The minimum Gasteiger partial charge on any atom is -0.323 e. The molecule has 1 heterocycles. The summed E-state index contributed by atoms with van der Waals surface area (Å²) in [6, 6.07) is 7.91. The van der Waals surface area contributed by atoms with Gasteiger partial charge < -0.3 is 4.90 Å². The van der Waals surface area contributed by atoms with E-state index in [-0.39, 0.29) is 6.03 Å². The van der Waals surface area contributed by atoms with Gasteiger partial charge in [-0.15, -0.1) is 16.9 Å². The van der Waals surface area contributed by atoms with Crippen molar-refractivity contribution in [2.75, 3.05) is 18.6 Å². The molecule has 1 aromatic carbocycles. The number of benzene rings is 1. The van der Waals surface area contributed by atoms with E-state index in [1.165, 1.54) is 4.90 Å². The van der Waals surface area contributed by atoms with E-state index in [2.05, 4.69) is 27.5 Å². The van der Waals surface area contributed by atoms with Gasteiger partial charge in [-0.3, -0.25) is 10.00 Å². The molecule has 2 rings (SSSR count). The van der Waals surface area contributed by atoms with Crippen LogP contribution in [0.5, 0.6) is 0 Å². The Bertz CT molecular complexity index is 621. The Kier molecular flexibility index (Phi) is 4.85. The number of aromatic nitrogens is 3. The molecule has 1 N–H and O–H groups in total. The lowest BCUT2D eigenvalue weighted by molar-refractivity contribution is 0.220. The number of thioether (sulfide) groups is 1. The fourth-order valence-electron chi connectivity index (χ4n) is 1.82. The van der Waals surface area contributed by atoms with Crippen LogP contribution in [-0.2, 0) is 13.6 Å². The number of anilines is 1. The Morgan fingerprint density at radius 2 is 2.24 bits per heavy atom. The predicted molar refractivity (Wildman–Crippen MR) is 84.4 cm³/mol. The molecule has 0 atom stereocenters. The molecular formula is C14H19N5OS. The predicted octanol–water partition coefficient (Wildman–Crippen LogP) is 2.51. The standard InChI is InChI=1S/C14H19N5OS/c1-10-15-13(17-19(10)3)16-14(20)18(2)9-11-6-5-7-12(8-11)21-4/h5-8H,9H2,1-4H3,(H,16,17,20). The molecule has 0 aliphatic heterocycles. The number of rotatable bonds is 4. The van der Waals surface area contributed by atoms with Crippen molar-refractivity contribution in [3.8, 4) is 0 Å². The first kappa shape index (κ1) is 15.4. The molecule has 0 aliphatic carbocycles. The topological polar surface area (TPSA) is 63.1 Å². The Morgan fingerprint density at radius 1 is 1.48 bits per heavy atom. The molecular weight excluding hydrogens is 286 g/mol. The molecule has 21 heavy (non-hydrogen) atoms. The van der Waals surface area contributed by atoms with Crippen molar-refractivity contribution in [2.24, 2.45) is 7.05 Å². The van der Waals surface area contributed by atoms with Gasteiger partial charge in [-0.2, -0.15) is 4.98 Å². The highest BCUT2D eigenvalue weighted by atomic mass is 32.2. The number of carbonyl (C=O) groups excluding carboxylic acids is 1. The SMILES string of the molecule is CSc1cccc(CN(C)C(=O)Nc2nc(C)n(C)n2)c1. The Balaban J connectivity index is 1.98. The van der Waals surface area contributed by atoms with E-state index in [9.17, 15) is 4.79 Å². The van der Waals surface area contributed by atoms with Crippen LogP contribution in [0.1, 0.15) is 11.4 Å².